The maximum atomic E-state index is 9.56. The van der Waals surface area contributed by atoms with Gasteiger partial charge in [0.15, 0.2) is 5.96 Å². The van der Waals surface area contributed by atoms with Crippen LogP contribution in [-0.4, -0.2) is 47.7 Å². The van der Waals surface area contributed by atoms with Crippen LogP contribution in [0, 0.1) is 0 Å². The number of hydrogen-bond donors (Lipinski definition) is 2. The van der Waals surface area contributed by atoms with Crippen LogP contribution in [0.4, 0.5) is 0 Å². The van der Waals surface area contributed by atoms with Crippen LogP contribution in [0.25, 0.3) is 0 Å². The molecule has 0 aromatic heterocycles. The summed E-state index contributed by atoms with van der Waals surface area (Å²) in [6.45, 7) is 5.21. The molecule has 13 heavy (non-hydrogen) atoms. The lowest BCUT2D eigenvalue weighted by molar-refractivity contribution is -0.0512. The lowest BCUT2D eigenvalue weighted by Crippen LogP contribution is -2.64. The molecule has 0 amide bonds. The highest BCUT2D eigenvalue weighted by atomic mass is 16.3. The van der Waals surface area contributed by atoms with E-state index in [0.29, 0.717) is 13.1 Å². The van der Waals surface area contributed by atoms with E-state index < -0.39 is 5.60 Å². The highest BCUT2D eigenvalue weighted by molar-refractivity contribution is 5.81. The van der Waals surface area contributed by atoms with Crippen LogP contribution in [-0.2, 0) is 0 Å². The third kappa shape index (κ3) is 1.94. The van der Waals surface area contributed by atoms with Gasteiger partial charge in [0.05, 0.1) is 18.7 Å². The summed E-state index contributed by atoms with van der Waals surface area (Å²) in [5, 5.41) is 12.8. The zero-order valence-corrected chi connectivity index (χ0v) is 8.08. The molecular weight excluding hydrogens is 166 g/mol. The molecule has 0 radical (unpaired) electrons. The number of hydrogen-bond acceptors (Lipinski definition) is 4. The first-order chi connectivity index (χ1) is 6.17. The Labute approximate surface area is 78.6 Å². The van der Waals surface area contributed by atoms with Gasteiger partial charge in [0, 0.05) is 13.1 Å². The molecule has 2 N–H and O–H groups in total. The summed E-state index contributed by atoms with van der Waals surface area (Å²) in [5.74, 6) is 0.976. The second kappa shape index (κ2) is 3.18. The lowest BCUT2D eigenvalue weighted by atomic mass is 9.98. The number of nitrogens with zero attached hydrogens (tertiary/aromatic N) is 2. The highest BCUT2D eigenvalue weighted by Gasteiger charge is 2.38. The van der Waals surface area contributed by atoms with E-state index in [0.717, 1.165) is 19.0 Å². The smallest absolute Gasteiger partial charge is 0.194 e. The maximum absolute atomic E-state index is 9.56. The molecule has 0 atom stereocenters. The second-order valence-electron chi connectivity index (χ2n) is 4.19. The average molecular weight is 183 g/mol. The average Bonchev–Trinajstić information content (AvgIpc) is 2.26. The minimum Gasteiger partial charge on any atom is -0.386 e. The van der Waals surface area contributed by atoms with Crippen LogP contribution < -0.4 is 5.32 Å². The quantitative estimate of drug-likeness (QED) is 0.546. The molecule has 2 aliphatic heterocycles. The van der Waals surface area contributed by atoms with Crippen molar-refractivity contribution in [3.63, 3.8) is 0 Å². The van der Waals surface area contributed by atoms with Crippen molar-refractivity contribution in [1.29, 1.82) is 0 Å². The van der Waals surface area contributed by atoms with Gasteiger partial charge in [-0.05, 0) is 19.8 Å². The van der Waals surface area contributed by atoms with Crippen LogP contribution in [0.3, 0.4) is 0 Å². The molecule has 74 valence electrons. The molecule has 0 aromatic rings. The molecular formula is C9H17N3O. The first kappa shape index (κ1) is 8.81. The van der Waals surface area contributed by atoms with E-state index in [1.807, 2.05) is 6.92 Å². The Morgan fingerprint density at radius 2 is 2.23 bits per heavy atom. The van der Waals surface area contributed by atoms with Crippen molar-refractivity contribution in [2.75, 3.05) is 26.2 Å². The number of aliphatic imine (C=N–C) groups is 1. The van der Waals surface area contributed by atoms with Gasteiger partial charge in [-0.2, -0.15) is 0 Å². The number of β-amino-alcohol motifs (C(OH)–C–C–N with tert-alkyl or cyclic N) is 1. The topological polar surface area (TPSA) is 47.9 Å². The van der Waals surface area contributed by atoms with Gasteiger partial charge in [0.25, 0.3) is 0 Å². The fourth-order valence-corrected chi connectivity index (χ4v) is 1.82. The molecule has 0 saturated carbocycles. The van der Waals surface area contributed by atoms with Gasteiger partial charge in [0.2, 0.25) is 0 Å². The van der Waals surface area contributed by atoms with Crippen molar-refractivity contribution in [2.24, 2.45) is 4.99 Å². The van der Waals surface area contributed by atoms with Crippen molar-refractivity contribution >= 4 is 5.96 Å². The lowest BCUT2D eigenvalue weighted by Gasteiger charge is -2.45. The Balaban J connectivity index is 1.90. The summed E-state index contributed by atoms with van der Waals surface area (Å²) >= 11 is 0. The molecule has 4 nitrogen and oxygen atoms in total. The fraction of sp³-hybridized carbons (Fsp3) is 0.889. The van der Waals surface area contributed by atoms with Gasteiger partial charge < -0.3 is 15.3 Å². The maximum Gasteiger partial charge on any atom is 0.194 e. The second-order valence-corrected chi connectivity index (χ2v) is 4.19. The number of rotatable bonds is 0. The fourth-order valence-electron chi connectivity index (χ4n) is 1.82. The molecule has 1 fully saturated rings. The Kier molecular flexibility index (Phi) is 2.15. The van der Waals surface area contributed by atoms with Crippen LogP contribution in [0.5, 0.6) is 0 Å². The van der Waals surface area contributed by atoms with Gasteiger partial charge >= 0.3 is 0 Å². The van der Waals surface area contributed by atoms with Crippen LogP contribution in [0.2, 0.25) is 0 Å². The van der Waals surface area contributed by atoms with Gasteiger partial charge in [-0.3, -0.25) is 4.99 Å². The van der Waals surface area contributed by atoms with Gasteiger partial charge in [-0.15, -0.1) is 0 Å². The molecule has 0 unspecified atom stereocenters. The van der Waals surface area contributed by atoms with E-state index in [1.165, 1.54) is 12.8 Å². The summed E-state index contributed by atoms with van der Waals surface area (Å²) in [7, 11) is 0. The molecule has 0 aliphatic carbocycles. The van der Waals surface area contributed by atoms with Crippen LogP contribution >= 0.6 is 0 Å². The number of nitrogens with one attached hydrogen (secondary N) is 1. The SMILES string of the molecule is CC1(O)CN(C2=NCCCCN2)C1. The first-order valence-electron chi connectivity index (χ1n) is 4.93. The van der Waals surface area contributed by atoms with Gasteiger partial charge in [-0.1, -0.05) is 0 Å². The summed E-state index contributed by atoms with van der Waals surface area (Å²) in [4.78, 5) is 6.53. The summed E-state index contributed by atoms with van der Waals surface area (Å²) in [6, 6.07) is 0. The molecule has 1 saturated heterocycles. The number of guanidine groups is 1. The summed E-state index contributed by atoms with van der Waals surface area (Å²) < 4.78 is 0. The Morgan fingerprint density at radius 3 is 2.92 bits per heavy atom. The predicted octanol–water partition coefficient (Wildman–Crippen LogP) is -0.208. The zero-order valence-electron chi connectivity index (χ0n) is 8.08. The summed E-state index contributed by atoms with van der Waals surface area (Å²) in [6.07, 6.45) is 2.36. The van der Waals surface area contributed by atoms with E-state index in [1.54, 1.807) is 0 Å². The Morgan fingerprint density at radius 1 is 1.46 bits per heavy atom. The zero-order chi connectivity index (χ0) is 9.31. The van der Waals surface area contributed by atoms with E-state index in [9.17, 15) is 5.11 Å². The molecule has 2 aliphatic rings. The summed E-state index contributed by atoms with van der Waals surface area (Å²) in [5.41, 5.74) is -0.503. The van der Waals surface area contributed by atoms with E-state index in [-0.39, 0.29) is 0 Å². The minimum absolute atomic E-state index is 0.503. The van der Waals surface area contributed by atoms with Crippen molar-refractivity contribution in [3.8, 4) is 0 Å². The Bertz CT molecular complexity index is 217. The van der Waals surface area contributed by atoms with Gasteiger partial charge in [0.1, 0.15) is 0 Å². The van der Waals surface area contributed by atoms with Gasteiger partial charge in [-0.25, -0.2) is 0 Å². The van der Waals surface area contributed by atoms with Crippen LogP contribution in [0.1, 0.15) is 19.8 Å². The molecule has 4 heteroatoms. The Hall–Kier alpha value is -0.770. The van der Waals surface area contributed by atoms with Crippen LogP contribution in [0.15, 0.2) is 4.99 Å². The standard InChI is InChI=1S/C9H17N3O/c1-9(13)6-12(7-9)8-10-4-2-3-5-11-8/h13H,2-7H2,1H3,(H,10,11). The molecule has 0 spiro atoms. The third-order valence-electron chi connectivity index (χ3n) is 2.49. The minimum atomic E-state index is -0.503. The first-order valence-corrected chi connectivity index (χ1v) is 4.93. The molecule has 2 rings (SSSR count). The van der Waals surface area contributed by atoms with E-state index in [2.05, 4.69) is 15.2 Å². The number of likely N-dealkylation sites (tertiary alicyclic amines) is 1. The van der Waals surface area contributed by atoms with Crippen molar-refractivity contribution < 1.29 is 5.11 Å². The molecule has 0 aromatic carbocycles. The largest absolute Gasteiger partial charge is 0.386 e. The monoisotopic (exact) mass is 183 g/mol. The van der Waals surface area contributed by atoms with E-state index >= 15 is 0 Å². The number of aliphatic hydroxyl groups is 1. The molecule has 0 bridgehead atoms. The molecule has 2 heterocycles. The third-order valence-corrected chi connectivity index (χ3v) is 2.49. The van der Waals surface area contributed by atoms with Crippen molar-refractivity contribution in [3.05, 3.63) is 0 Å². The van der Waals surface area contributed by atoms with Crippen molar-refractivity contribution in [1.82, 2.24) is 10.2 Å². The highest BCUT2D eigenvalue weighted by Crippen LogP contribution is 2.19. The normalized spacial score (nSPS) is 26.9. The van der Waals surface area contributed by atoms with E-state index in [4.69, 9.17) is 0 Å². The van der Waals surface area contributed by atoms with Crippen molar-refractivity contribution in [2.45, 2.75) is 25.4 Å². The predicted molar refractivity (Wildman–Crippen MR) is 51.7 cm³/mol.